The monoisotopic (exact) mass is 283 g/mol. The summed E-state index contributed by atoms with van der Waals surface area (Å²) in [7, 11) is 0. The zero-order chi connectivity index (χ0) is 11.6. The van der Waals surface area contributed by atoms with Crippen LogP contribution in [0.3, 0.4) is 0 Å². The van der Waals surface area contributed by atoms with E-state index in [0.717, 1.165) is 12.3 Å². The molecule has 0 radical (unpaired) electrons. The smallest absolute Gasteiger partial charge is 0.433 e. The number of hydrogen-bond acceptors (Lipinski definition) is 2. The van der Waals surface area contributed by atoms with Crippen LogP contribution in [0.25, 0.3) is 0 Å². The van der Waals surface area contributed by atoms with Crippen molar-refractivity contribution in [3.8, 4) is 0 Å². The highest BCUT2D eigenvalue weighted by Gasteiger charge is 2.32. The second kappa shape index (κ2) is 4.18. The van der Waals surface area contributed by atoms with Crippen molar-refractivity contribution in [1.82, 2.24) is 4.98 Å². The number of pyridine rings is 1. The van der Waals surface area contributed by atoms with Crippen LogP contribution in [0.4, 0.5) is 13.2 Å². The Hall–Kier alpha value is -1.11. The lowest BCUT2D eigenvalue weighted by molar-refractivity contribution is -0.141. The molecule has 0 amide bonds. The second-order valence-electron chi connectivity index (χ2n) is 2.73. The molecular formula is C8H5BrF3NO2. The summed E-state index contributed by atoms with van der Waals surface area (Å²) < 4.78 is 36.6. The van der Waals surface area contributed by atoms with Gasteiger partial charge >= 0.3 is 12.1 Å². The summed E-state index contributed by atoms with van der Waals surface area (Å²) in [6.45, 7) is 0. The number of rotatable bonds is 2. The van der Waals surface area contributed by atoms with E-state index in [4.69, 9.17) is 5.11 Å². The molecule has 0 saturated carbocycles. The van der Waals surface area contributed by atoms with Crippen molar-refractivity contribution >= 4 is 21.9 Å². The maximum atomic E-state index is 12.2. The molecule has 0 aliphatic heterocycles. The van der Waals surface area contributed by atoms with Gasteiger partial charge < -0.3 is 5.11 Å². The lowest BCUT2D eigenvalue weighted by atomic mass is 10.2. The predicted octanol–water partition coefficient (Wildman–Crippen LogP) is 2.49. The molecule has 82 valence electrons. The number of carboxylic acids is 1. The van der Waals surface area contributed by atoms with Gasteiger partial charge in [-0.3, -0.25) is 9.78 Å². The van der Waals surface area contributed by atoms with Gasteiger partial charge in [-0.15, -0.1) is 0 Å². The zero-order valence-corrected chi connectivity index (χ0v) is 8.76. The molecule has 0 spiro atoms. The Bertz CT molecular complexity index is 392. The van der Waals surface area contributed by atoms with E-state index in [2.05, 4.69) is 20.9 Å². The summed E-state index contributed by atoms with van der Waals surface area (Å²) in [5, 5.41) is 8.45. The molecule has 0 aromatic carbocycles. The molecule has 0 bridgehead atoms. The standard InChI is InChI=1S/C8H5BrF3NO2/c9-5-2-6(8(10,11)12)13-3-4(5)1-7(14)15/h2-3H,1H2,(H,14,15). The normalized spacial score (nSPS) is 11.5. The lowest BCUT2D eigenvalue weighted by Crippen LogP contribution is -2.09. The summed E-state index contributed by atoms with van der Waals surface area (Å²) in [6, 6.07) is 0.762. The van der Waals surface area contributed by atoms with Gasteiger partial charge in [0.1, 0.15) is 5.69 Å². The van der Waals surface area contributed by atoms with E-state index in [1.54, 1.807) is 0 Å². The van der Waals surface area contributed by atoms with Crippen molar-refractivity contribution in [2.24, 2.45) is 0 Å². The minimum absolute atomic E-state index is 0.0900. The molecule has 15 heavy (non-hydrogen) atoms. The van der Waals surface area contributed by atoms with Crippen molar-refractivity contribution < 1.29 is 23.1 Å². The number of hydrogen-bond donors (Lipinski definition) is 1. The first-order valence-electron chi connectivity index (χ1n) is 3.74. The van der Waals surface area contributed by atoms with E-state index in [0.29, 0.717) is 0 Å². The molecule has 0 fully saturated rings. The van der Waals surface area contributed by atoms with Crippen molar-refractivity contribution in [1.29, 1.82) is 0 Å². The topological polar surface area (TPSA) is 50.2 Å². The summed E-state index contributed by atoms with van der Waals surface area (Å²) in [6.07, 6.45) is -3.99. The van der Waals surface area contributed by atoms with E-state index in [9.17, 15) is 18.0 Å². The molecule has 1 aromatic rings. The fourth-order valence-corrected chi connectivity index (χ4v) is 1.37. The third kappa shape index (κ3) is 3.19. The molecule has 0 unspecified atom stereocenters. The van der Waals surface area contributed by atoms with Crippen LogP contribution in [0.15, 0.2) is 16.7 Å². The number of aromatic nitrogens is 1. The molecule has 0 saturated heterocycles. The van der Waals surface area contributed by atoms with Crippen LogP contribution in [-0.4, -0.2) is 16.1 Å². The average molecular weight is 284 g/mol. The Kier molecular flexibility index (Phi) is 3.33. The van der Waals surface area contributed by atoms with Gasteiger partial charge in [-0.2, -0.15) is 13.2 Å². The highest BCUT2D eigenvalue weighted by atomic mass is 79.9. The first kappa shape index (κ1) is 12.0. The third-order valence-electron chi connectivity index (χ3n) is 1.56. The number of carboxylic acid groups (broad SMARTS) is 1. The highest BCUT2D eigenvalue weighted by Crippen LogP contribution is 2.30. The third-order valence-corrected chi connectivity index (χ3v) is 2.30. The molecule has 1 aromatic heterocycles. The molecule has 0 aliphatic carbocycles. The molecule has 3 nitrogen and oxygen atoms in total. The summed E-state index contributed by atoms with van der Waals surface area (Å²) in [5.74, 6) is -1.13. The van der Waals surface area contributed by atoms with Crippen LogP contribution in [-0.2, 0) is 17.4 Å². The molecular weight excluding hydrogens is 279 g/mol. The quantitative estimate of drug-likeness (QED) is 0.907. The molecule has 7 heteroatoms. The number of nitrogens with zero attached hydrogens (tertiary/aromatic N) is 1. The summed E-state index contributed by atoms with van der Waals surface area (Å²) >= 11 is 2.86. The van der Waals surface area contributed by atoms with Gasteiger partial charge in [0.25, 0.3) is 0 Å². The maximum Gasteiger partial charge on any atom is 0.433 e. The Morgan fingerprint density at radius 3 is 2.53 bits per heavy atom. The van der Waals surface area contributed by atoms with Gasteiger partial charge in [-0.05, 0) is 11.6 Å². The van der Waals surface area contributed by atoms with Gasteiger partial charge in [-0.1, -0.05) is 15.9 Å². The Labute approximate surface area is 91.1 Å². The Morgan fingerprint density at radius 2 is 2.13 bits per heavy atom. The average Bonchev–Trinajstić information content (AvgIpc) is 2.05. The van der Waals surface area contributed by atoms with Crippen LogP contribution >= 0.6 is 15.9 Å². The lowest BCUT2D eigenvalue weighted by Gasteiger charge is -2.07. The summed E-state index contributed by atoms with van der Waals surface area (Å²) in [5.41, 5.74) is -0.848. The Morgan fingerprint density at radius 1 is 1.53 bits per heavy atom. The van der Waals surface area contributed by atoms with Crippen molar-refractivity contribution in [3.63, 3.8) is 0 Å². The minimum atomic E-state index is -4.52. The fraction of sp³-hybridized carbons (Fsp3) is 0.250. The summed E-state index contributed by atoms with van der Waals surface area (Å²) in [4.78, 5) is 13.5. The minimum Gasteiger partial charge on any atom is -0.481 e. The predicted molar refractivity (Wildman–Crippen MR) is 48.3 cm³/mol. The highest BCUT2D eigenvalue weighted by molar-refractivity contribution is 9.10. The number of halogens is 4. The largest absolute Gasteiger partial charge is 0.481 e. The molecule has 1 N–H and O–H groups in total. The van der Waals surface area contributed by atoms with Crippen LogP contribution in [0.1, 0.15) is 11.3 Å². The number of aliphatic carboxylic acids is 1. The van der Waals surface area contributed by atoms with Gasteiger partial charge in [0.05, 0.1) is 6.42 Å². The molecule has 1 heterocycles. The van der Waals surface area contributed by atoms with E-state index in [1.807, 2.05) is 0 Å². The van der Waals surface area contributed by atoms with Crippen LogP contribution in [0, 0.1) is 0 Å². The van der Waals surface area contributed by atoms with Crippen LogP contribution < -0.4 is 0 Å². The van der Waals surface area contributed by atoms with Crippen molar-refractivity contribution in [2.75, 3.05) is 0 Å². The maximum absolute atomic E-state index is 12.2. The zero-order valence-electron chi connectivity index (χ0n) is 7.18. The second-order valence-corrected chi connectivity index (χ2v) is 3.58. The first-order chi connectivity index (χ1) is 6.80. The van der Waals surface area contributed by atoms with Gasteiger partial charge in [0, 0.05) is 10.7 Å². The number of alkyl halides is 3. The van der Waals surface area contributed by atoms with E-state index in [-0.39, 0.29) is 16.5 Å². The Balaban J connectivity index is 3.03. The van der Waals surface area contributed by atoms with E-state index in [1.165, 1.54) is 0 Å². The molecule has 0 aliphatic rings. The van der Waals surface area contributed by atoms with Crippen LogP contribution in [0.5, 0.6) is 0 Å². The fourth-order valence-electron chi connectivity index (χ4n) is 0.907. The molecule has 1 rings (SSSR count). The number of carbonyl (C=O) groups is 1. The van der Waals surface area contributed by atoms with E-state index >= 15 is 0 Å². The van der Waals surface area contributed by atoms with Crippen LogP contribution in [0.2, 0.25) is 0 Å². The van der Waals surface area contributed by atoms with Gasteiger partial charge in [-0.25, -0.2) is 0 Å². The first-order valence-corrected chi connectivity index (χ1v) is 4.53. The van der Waals surface area contributed by atoms with Crippen molar-refractivity contribution in [3.05, 3.63) is 28.0 Å². The molecule has 0 atom stereocenters. The SMILES string of the molecule is O=C(O)Cc1cnc(C(F)(F)F)cc1Br. The van der Waals surface area contributed by atoms with E-state index < -0.39 is 17.8 Å². The van der Waals surface area contributed by atoms with Crippen molar-refractivity contribution in [2.45, 2.75) is 12.6 Å². The van der Waals surface area contributed by atoms with Gasteiger partial charge in [0.15, 0.2) is 0 Å². The van der Waals surface area contributed by atoms with Gasteiger partial charge in [0.2, 0.25) is 0 Å².